The second kappa shape index (κ2) is 10.0. The fourth-order valence-electron chi connectivity index (χ4n) is 3.72. The molecule has 2 amide bonds. The molecule has 0 aliphatic heterocycles. The number of aryl methyl sites for hydroxylation is 2. The molecule has 184 valence electrons. The summed E-state index contributed by atoms with van der Waals surface area (Å²) in [5, 5.41) is 9.44. The first-order valence-electron chi connectivity index (χ1n) is 11.0. The SMILES string of the molecule is Cc1cc(C)n(-c2ccc(CNC(=O)c3cccc(NC(=O)c4cccnc4)c3)c(C(F)(F)F)c2)n1. The highest BCUT2D eigenvalue weighted by Crippen LogP contribution is 2.33. The maximum atomic E-state index is 13.8. The summed E-state index contributed by atoms with van der Waals surface area (Å²) in [6, 6.07) is 15.0. The van der Waals surface area contributed by atoms with Crippen LogP contribution in [0.4, 0.5) is 18.9 Å². The van der Waals surface area contributed by atoms with Crippen LogP contribution in [0.5, 0.6) is 0 Å². The molecule has 0 atom stereocenters. The highest BCUT2D eigenvalue weighted by molar-refractivity contribution is 6.04. The van der Waals surface area contributed by atoms with Crippen molar-refractivity contribution < 1.29 is 22.8 Å². The van der Waals surface area contributed by atoms with Gasteiger partial charge in [-0.1, -0.05) is 12.1 Å². The minimum Gasteiger partial charge on any atom is -0.348 e. The first-order valence-corrected chi connectivity index (χ1v) is 11.0. The Bertz CT molecular complexity index is 1410. The van der Waals surface area contributed by atoms with Crippen molar-refractivity contribution in [2.45, 2.75) is 26.6 Å². The van der Waals surface area contributed by atoms with Gasteiger partial charge in [0.15, 0.2) is 0 Å². The standard InChI is InChI=1S/C26H22F3N5O2/c1-16-11-17(2)34(33-16)22-9-8-19(23(13-22)26(27,28)29)15-31-24(35)18-5-3-7-21(12-18)32-25(36)20-6-4-10-30-14-20/h3-14H,15H2,1-2H3,(H,31,35)(H,32,36). The third-order valence-corrected chi connectivity index (χ3v) is 5.40. The molecule has 2 aromatic carbocycles. The number of carbonyl (C=O) groups is 2. The molecule has 2 aromatic heterocycles. The summed E-state index contributed by atoms with van der Waals surface area (Å²) in [6.45, 7) is 3.18. The molecular weight excluding hydrogens is 471 g/mol. The first kappa shape index (κ1) is 24.6. The van der Waals surface area contributed by atoms with Crippen molar-refractivity contribution in [3.05, 3.63) is 107 Å². The van der Waals surface area contributed by atoms with Crippen LogP contribution in [0.2, 0.25) is 0 Å². The van der Waals surface area contributed by atoms with Crippen LogP contribution in [0.15, 0.2) is 73.1 Å². The van der Waals surface area contributed by atoms with Gasteiger partial charge in [-0.25, -0.2) is 4.68 Å². The van der Waals surface area contributed by atoms with Crippen molar-refractivity contribution in [3.8, 4) is 5.69 Å². The van der Waals surface area contributed by atoms with E-state index in [1.165, 1.54) is 35.1 Å². The van der Waals surface area contributed by atoms with Gasteiger partial charge in [0.25, 0.3) is 11.8 Å². The van der Waals surface area contributed by atoms with Crippen molar-refractivity contribution in [1.29, 1.82) is 0 Å². The summed E-state index contributed by atoms with van der Waals surface area (Å²) in [6.07, 6.45) is -1.67. The zero-order valence-corrected chi connectivity index (χ0v) is 19.4. The molecule has 10 heteroatoms. The number of aromatic nitrogens is 3. The summed E-state index contributed by atoms with van der Waals surface area (Å²) < 4.78 is 42.9. The molecule has 0 radical (unpaired) electrons. The lowest BCUT2D eigenvalue weighted by Gasteiger charge is -2.16. The van der Waals surface area contributed by atoms with E-state index in [2.05, 4.69) is 20.7 Å². The molecule has 0 saturated carbocycles. The first-order chi connectivity index (χ1) is 17.1. The lowest BCUT2D eigenvalue weighted by molar-refractivity contribution is -0.138. The highest BCUT2D eigenvalue weighted by atomic mass is 19.4. The highest BCUT2D eigenvalue weighted by Gasteiger charge is 2.34. The zero-order chi connectivity index (χ0) is 25.9. The molecular formula is C26H22F3N5O2. The van der Waals surface area contributed by atoms with Gasteiger partial charge in [0.05, 0.1) is 22.5 Å². The van der Waals surface area contributed by atoms with Gasteiger partial charge in [-0.15, -0.1) is 0 Å². The molecule has 2 N–H and O–H groups in total. The molecule has 7 nitrogen and oxygen atoms in total. The quantitative estimate of drug-likeness (QED) is 0.392. The number of hydrogen-bond donors (Lipinski definition) is 2. The van der Waals surface area contributed by atoms with Gasteiger partial charge in [-0.3, -0.25) is 14.6 Å². The van der Waals surface area contributed by atoms with Crippen LogP contribution in [-0.4, -0.2) is 26.6 Å². The van der Waals surface area contributed by atoms with E-state index in [9.17, 15) is 22.8 Å². The lowest BCUT2D eigenvalue weighted by Crippen LogP contribution is -2.25. The summed E-state index contributed by atoms with van der Waals surface area (Å²) in [7, 11) is 0. The topological polar surface area (TPSA) is 88.9 Å². The van der Waals surface area contributed by atoms with Gasteiger partial charge in [-0.05, 0) is 67.9 Å². The van der Waals surface area contributed by atoms with E-state index in [0.717, 1.165) is 6.07 Å². The van der Waals surface area contributed by atoms with E-state index in [1.807, 2.05) is 0 Å². The average molecular weight is 493 g/mol. The number of alkyl halides is 3. The molecule has 0 bridgehead atoms. The fourth-order valence-corrected chi connectivity index (χ4v) is 3.72. The van der Waals surface area contributed by atoms with Crippen molar-refractivity contribution in [2.24, 2.45) is 0 Å². The van der Waals surface area contributed by atoms with Crippen LogP contribution < -0.4 is 10.6 Å². The predicted molar refractivity (Wildman–Crippen MR) is 128 cm³/mol. The van der Waals surface area contributed by atoms with E-state index in [0.29, 0.717) is 22.6 Å². The third-order valence-electron chi connectivity index (χ3n) is 5.40. The summed E-state index contributed by atoms with van der Waals surface area (Å²) >= 11 is 0. The summed E-state index contributed by atoms with van der Waals surface area (Å²) in [4.78, 5) is 28.9. The van der Waals surface area contributed by atoms with Crippen LogP contribution in [-0.2, 0) is 12.7 Å². The average Bonchev–Trinajstić information content (AvgIpc) is 3.20. The van der Waals surface area contributed by atoms with E-state index in [4.69, 9.17) is 0 Å². The summed E-state index contributed by atoms with van der Waals surface area (Å²) in [5.41, 5.74) is 1.63. The van der Waals surface area contributed by atoms with Crippen LogP contribution in [0, 0.1) is 13.8 Å². The fraction of sp³-hybridized carbons (Fsp3) is 0.154. The Morgan fingerprint density at radius 1 is 0.944 bits per heavy atom. The van der Waals surface area contributed by atoms with Crippen molar-refractivity contribution in [2.75, 3.05) is 5.32 Å². The molecule has 0 saturated heterocycles. The smallest absolute Gasteiger partial charge is 0.348 e. The largest absolute Gasteiger partial charge is 0.416 e. The van der Waals surface area contributed by atoms with Gasteiger partial charge in [-0.2, -0.15) is 18.3 Å². The minimum atomic E-state index is -4.62. The Balaban J connectivity index is 1.50. The number of pyridine rings is 1. The van der Waals surface area contributed by atoms with E-state index >= 15 is 0 Å². The number of amides is 2. The number of nitrogens with one attached hydrogen (secondary N) is 2. The van der Waals surface area contributed by atoms with Crippen LogP contribution >= 0.6 is 0 Å². The maximum Gasteiger partial charge on any atom is 0.416 e. The zero-order valence-electron chi connectivity index (χ0n) is 19.4. The molecule has 0 aliphatic rings. The van der Waals surface area contributed by atoms with Gasteiger partial charge in [0.2, 0.25) is 0 Å². The van der Waals surface area contributed by atoms with E-state index < -0.39 is 23.6 Å². The van der Waals surface area contributed by atoms with Crippen molar-refractivity contribution >= 4 is 17.5 Å². The molecule has 2 heterocycles. The van der Waals surface area contributed by atoms with Gasteiger partial charge < -0.3 is 10.6 Å². The number of benzene rings is 2. The Labute approximate surface area is 205 Å². The number of nitrogens with zero attached hydrogens (tertiary/aromatic N) is 3. The van der Waals surface area contributed by atoms with Crippen molar-refractivity contribution in [3.63, 3.8) is 0 Å². The minimum absolute atomic E-state index is 0.0813. The normalized spacial score (nSPS) is 11.2. The van der Waals surface area contributed by atoms with Gasteiger partial charge >= 0.3 is 6.18 Å². The number of hydrogen-bond acceptors (Lipinski definition) is 4. The van der Waals surface area contributed by atoms with E-state index in [-0.39, 0.29) is 23.4 Å². The number of rotatable bonds is 6. The lowest BCUT2D eigenvalue weighted by atomic mass is 10.1. The van der Waals surface area contributed by atoms with Crippen LogP contribution in [0.1, 0.15) is 43.2 Å². The number of halogens is 3. The molecule has 0 aliphatic carbocycles. The van der Waals surface area contributed by atoms with Crippen LogP contribution in [0.25, 0.3) is 5.69 Å². The maximum absolute atomic E-state index is 13.8. The molecule has 0 fully saturated rings. The monoisotopic (exact) mass is 493 g/mol. The number of anilines is 1. The molecule has 4 rings (SSSR count). The molecule has 36 heavy (non-hydrogen) atoms. The van der Waals surface area contributed by atoms with Gasteiger partial charge in [0.1, 0.15) is 0 Å². The summed E-state index contributed by atoms with van der Waals surface area (Å²) in [5.74, 6) is -0.985. The molecule has 0 spiro atoms. The van der Waals surface area contributed by atoms with Crippen LogP contribution in [0.3, 0.4) is 0 Å². The second-order valence-corrected chi connectivity index (χ2v) is 8.14. The van der Waals surface area contributed by atoms with E-state index in [1.54, 1.807) is 50.4 Å². The third kappa shape index (κ3) is 5.60. The Kier molecular flexibility index (Phi) is 6.86. The number of carbonyl (C=O) groups excluding carboxylic acids is 2. The Morgan fingerprint density at radius 3 is 2.39 bits per heavy atom. The Hall–Kier alpha value is -4.47. The van der Waals surface area contributed by atoms with Crippen molar-refractivity contribution in [1.82, 2.24) is 20.1 Å². The van der Waals surface area contributed by atoms with Gasteiger partial charge in [0, 0.05) is 35.9 Å². The molecule has 4 aromatic rings. The second-order valence-electron chi connectivity index (χ2n) is 8.14. The Morgan fingerprint density at radius 2 is 1.72 bits per heavy atom. The molecule has 0 unspecified atom stereocenters. The predicted octanol–water partition coefficient (Wildman–Crippen LogP) is 5.09.